The maximum atomic E-state index is 10.7. The summed E-state index contributed by atoms with van der Waals surface area (Å²) in [5, 5.41) is 8.82. The van der Waals surface area contributed by atoms with Crippen molar-refractivity contribution >= 4 is 11.9 Å². The summed E-state index contributed by atoms with van der Waals surface area (Å²) in [4.78, 5) is 14.5. The largest absolute Gasteiger partial charge is 0.480 e. The van der Waals surface area contributed by atoms with E-state index in [1.807, 2.05) is 6.92 Å². The molecule has 0 heterocycles. The molecule has 7 heteroatoms. The zero-order chi connectivity index (χ0) is 11.7. The topological polar surface area (TPSA) is 126 Å². The molecule has 0 saturated heterocycles. The summed E-state index contributed by atoms with van der Waals surface area (Å²) >= 11 is 0. The van der Waals surface area contributed by atoms with Crippen LogP contribution in [0.1, 0.15) is 19.8 Å². The van der Waals surface area contributed by atoms with E-state index in [9.17, 15) is 4.79 Å². The maximum Gasteiger partial charge on any atom is 0.322 e. The van der Waals surface area contributed by atoms with Crippen molar-refractivity contribution < 1.29 is 9.90 Å². The fourth-order valence-electron chi connectivity index (χ4n) is 0.986. The number of hydrogen-bond acceptors (Lipinski definition) is 4. The van der Waals surface area contributed by atoms with E-state index in [-0.39, 0.29) is 5.96 Å². The second kappa shape index (κ2) is 8.01. The number of nitrogens with two attached hydrogens (primary N) is 2. The summed E-state index contributed by atoms with van der Waals surface area (Å²) in [5.41, 5.74) is 15.7. The van der Waals surface area contributed by atoms with Gasteiger partial charge in [0.05, 0.1) is 0 Å². The van der Waals surface area contributed by atoms with Crippen molar-refractivity contribution in [3.05, 3.63) is 0 Å². The normalized spacial score (nSPS) is 12.1. The fraction of sp³-hybridized carbons (Fsp3) is 0.750. The van der Waals surface area contributed by atoms with Gasteiger partial charge in [0.25, 0.3) is 0 Å². The molecule has 0 aliphatic carbocycles. The number of nitrogens with zero attached hydrogens (tertiary/aromatic N) is 1. The summed E-state index contributed by atoms with van der Waals surface area (Å²) in [6, 6.07) is -0.612. The van der Waals surface area contributed by atoms with Crippen molar-refractivity contribution in [1.82, 2.24) is 10.9 Å². The van der Waals surface area contributed by atoms with Crippen LogP contribution in [0.4, 0.5) is 0 Å². The number of hydrogen-bond donors (Lipinski definition) is 5. The molecular formula is C8H19N5O2. The van der Waals surface area contributed by atoms with E-state index < -0.39 is 12.0 Å². The minimum atomic E-state index is -0.888. The minimum Gasteiger partial charge on any atom is -0.480 e. The second-order valence-corrected chi connectivity index (χ2v) is 3.01. The van der Waals surface area contributed by atoms with Crippen molar-refractivity contribution in [2.24, 2.45) is 16.5 Å². The number of hydrazine groups is 1. The van der Waals surface area contributed by atoms with E-state index in [2.05, 4.69) is 15.8 Å². The summed E-state index contributed by atoms with van der Waals surface area (Å²) < 4.78 is 0. The summed E-state index contributed by atoms with van der Waals surface area (Å²) in [6.07, 6.45) is 1.09. The monoisotopic (exact) mass is 217 g/mol. The summed E-state index contributed by atoms with van der Waals surface area (Å²) in [7, 11) is 0. The first kappa shape index (κ1) is 13.7. The van der Waals surface area contributed by atoms with Gasteiger partial charge in [-0.05, 0) is 12.8 Å². The average Bonchev–Trinajstić information content (AvgIpc) is 2.15. The van der Waals surface area contributed by atoms with Gasteiger partial charge in [-0.1, -0.05) is 6.92 Å². The molecule has 0 fully saturated rings. The molecule has 15 heavy (non-hydrogen) atoms. The zero-order valence-corrected chi connectivity index (χ0v) is 8.86. The second-order valence-electron chi connectivity index (χ2n) is 3.01. The lowest BCUT2D eigenvalue weighted by Gasteiger charge is -2.13. The molecule has 0 amide bonds. The van der Waals surface area contributed by atoms with Gasteiger partial charge in [0.2, 0.25) is 0 Å². The standard InChI is InChI=1S/C8H19N5O2/c1-2-12-13-6(7(14)15)4-3-5-11-8(9)10/h6,12-13H,2-5H2,1H3,(H,14,15)(H4,9,10,11). The van der Waals surface area contributed by atoms with Gasteiger partial charge in [0.15, 0.2) is 5.96 Å². The van der Waals surface area contributed by atoms with E-state index in [4.69, 9.17) is 16.6 Å². The van der Waals surface area contributed by atoms with Gasteiger partial charge >= 0.3 is 5.97 Å². The van der Waals surface area contributed by atoms with Crippen LogP contribution in [0.2, 0.25) is 0 Å². The van der Waals surface area contributed by atoms with Gasteiger partial charge in [-0.25, -0.2) is 5.43 Å². The Morgan fingerprint density at radius 1 is 1.53 bits per heavy atom. The highest BCUT2D eigenvalue weighted by Crippen LogP contribution is 1.97. The first-order valence-electron chi connectivity index (χ1n) is 4.84. The molecule has 0 saturated carbocycles. The Morgan fingerprint density at radius 3 is 2.67 bits per heavy atom. The number of carboxylic acids is 1. The quantitative estimate of drug-likeness (QED) is 0.147. The fourth-order valence-corrected chi connectivity index (χ4v) is 0.986. The third-order valence-corrected chi connectivity index (χ3v) is 1.70. The van der Waals surface area contributed by atoms with E-state index >= 15 is 0 Å². The lowest BCUT2D eigenvalue weighted by molar-refractivity contribution is -0.140. The Kier molecular flexibility index (Phi) is 7.29. The lowest BCUT2D eigenvalue weighted by atomic mass is 10.2. The number of aliphatic carboxylic acids is 1. The van der Waals surface area contributed by atoms with Crippen LogP contribution in [0.3, 0.4) is 0 Å². The van der Waals surface area contributed by atoms with Gasteiger partial charge in [-0.15, -0.1) is 0 Å². The molecular weight excluding hydrogens is 198 g/mol. The van der Waals surface area contributed by atoms with Crippen LogP contribution < -0.4 is 22.3 Å². The van der Waals surface area contributed by atoms with E-state index in [1.165, 1.54) is 0 Å². The SMILES string of the molecule is CCNNC(CCCN=C(N)N)C(=O)O. The molecule has 1 unspecified atom stereocenters. The molecule has 0 spiro atoms. The van der Waals surface area contributed by atoms with E-state index in [0.29, 0.717) is 25.9 Å². The third-order valence-electron chi connectivity index (χ3n) is 1.70. The van der Waals surface area contributed by atoms with Crippen molar-refractivity contribution in [3.8, 4) is 0 Å². The van der Waals surface area contributed by atoms with Gasteiger partial charge in [0.1, 0.15) is 6.04 Å². The highest BCUT2D eigenvalue weighted by Gasteiger charge is 2.15. The van der Waals surface area contributed by atoms with Crippen molar-refractivity contribution in [2.75, 3.05) is 13.1 Å². The van der Waals surface area contributed by atoms with Crippen LogP contribution in [0, 0.1) is 0 Å². The molecule has 0 rings (SSSR count). The number of nitrogens with one attached hydrogen (secondary N) is 2. The molecule has 0 bridgehead atoms. The first-order chi connectivity index (χ1) is 7.07. The van der Waals surface area contributed by atoms with Gasteiger partial charge in [0, 0.05) is 13.1 Å². The van der Waals surface area contributed by atoms with Gasteiger partial charge < -0.3 is 16.6 Å². The Hall–Kier alpha value is -1.34. The number of carbonyl (C=O) groups is 1. The summed E-state index contributed by atoms with van der Waals surface area (Å²) in [6.45, 7) is 2.99. The van der Waals surface area contributed by atoms with E-state index in [1.54, 1.807) is 0 Å². The predicted octanol–water partition coefficient (Wildman–Crippen LogP) is -1.39. The van der Waals surface area contributed by atoms with Gasteiger partial charge in [-0.3, -0.25) is 15.2 Å². The molecule has 1 atom stereocenters. The average molecular weight is 217 g/mol. The number of aliphatic imine (C=N–C) groups is 1. The Labute approximate surface area is 88.9 Å². The Morgan fingerprint density at radius 2 is 2.20 bits per heavy atom. The number of guanidine groups is 1. The molecule has 0 aromatic rings. The summed E-state index contributed by atoms with van der Waals surface area (Å²) in [5.74, 6) is -0.859. The first-order valence-corrected chi connectivity index (χ1v) is 4.84. The van der Waals surface area contributed by atoms with Crippen LogP contribution in [0.15, 0.2) is 4.99 Å². The minimum absolute atomic E-state index is 0.0292. The van der Waals surface area contributed by atoms with Crippen LogP contribution in [0.5, 0.6) is 0 Å². The Balaban J connectivity index is 3.76. The van der Waals surface area contributed by atoms with Crippen LogP contribution in [-0.2, 0) is 4.79 Å². The number of carboxylic acid groups (broad SMARTS) is 1. The molecule has 0 aliphatic heterocycles. The van der Waals surface area contributed by atoms with Crippen LogP contribution in [0.25, 0.3) is 0 Å². The van der Waals surface area contributed by atoms with Crippen LogP contribution in [-0.4, -0.2) is 36.2 Å². The molecule has 0 aromatic heterocycles. The van der Waals surface area contributed by atoms with Crippen LogP contribution >= 0.6 is 0 Å². The molecule has 7 nitrogen and oxygen atoms in total. The zero-order valence-electron chi connectivity index (χ0n) is 8.86. The highest BCUT2D eigenvalue weighted by atomic mass is 16.4. The predicted molar refractivity (Wildman–Crippen MR) is 58.1 cm³/mol. The van der Waals surface area contributed by atoms with Crippen molar-refractivity contribution in [2.45, 2.75) is 25.8 Å². The molecule has 0 radical (unpaired) electrons. The molecule has 88 valence electrons. The highest BCUT2D eigenvalue weighted by molar-refractivity contribution is 5.75. The Bertz CT molecular complexity index is 215. The third kappa shape index (κ3) is 7.71. The molecule has 0 aromatic carbocycles. The lowest BCUT2D eigenvalue weighted by Crippen LogP contribution is -2.45. The van der Waals surface area contributed by atoms with Gasteiger partial charge in [-0.2, -0.15) is 0 Å². The van der Waals surface area contributed by atoms with Crippen molar-refractivity contribution in [1.29, 1.82) is 0 Å². The molecule has 7 N–H and O–H groups in total. The maximum absolute atomic E-state index is 10.7. The molecule has 0 aliphatic rings. The smallest absolute Gasteiger partial charge is 0.322 e. The van der Waals surface area contributed by atoms with E-state index in [0.717, 1.165) is 0 Å². The van der Waals surface area contributed by atoms with Crippen molar-refractivity contribution in [3.63, 3.8) is 0 Å². The number of rotatable bonds is 8.